The quantitative estimate of drug-likeness (QED) is 0.809. The van der Waals surface area contributed by atoms with Crippen molar-refractivity contribution in [3.63, 3.8) is 0 Å². The number of nitrogens with zero attached hydrogens (tertiary/aromatic N) is 1. The van der Waals surface area contributed by atoms with Gasteiger partial charge in [-0.15, -0.1) is 0 Å². The minimum Gasteiger partial charge on any atom is -0.396 e. The summed E-state index contributed by atoms with van der Waals surface area (Å²) in [4.78, 5) is 2.33. The van der Waals surface area contributed by atoms with Gasteiger partial charge in [-0.2, -0.15) is 0 Å². The molecule has 0 bridgehead atoms. The van der Waals surface area contributed by atoms with Crippen LogP contribution in [0.2, 0.25) is 0 Å². The van der Waals surface area contributed by atoms with E-state index in [2.05, 4.69) is 43.0 Å². The minimum atomic E-state index is -0.0449. The lowest BCUT2D eigenvalue weighted by molar-refractivity contribution is 0.211. The molecule has 1 aromatic rings. The fourth-order valence-electron chi connectivity index (χ4n) is 2.79. The van der Waals surface area contributed by atoms with Gasteiger partial charge in [-0.05, 0) is 43.9 Å². The molecule has 1 aliphatic rings. The Hall–Kier alpha value is -1.06. The average molecular weight is 248 g/mol. The normalized spacial score (nSPS) is 26.1. The van der Waals surface area contributed by atoms with Crippen molar-refractivity contribution >= 4 is 5.69 Å². The summed E-state index contributed by atoms with van der Waals surface area (Å²) in [6.07, 6.45) is 1.02. The monoisotopic (exact) mass is 248 g/mol. The molecular formula is C15H24N2O. The second kappa shape index (κ2) is 5.29. The number of anilines is 1. The fraction of sp³-hybridized carbons (Fsp3) is 0.600. The van der Waals surface area contributed by atoms with Crippen molar-refractivity contribution in [2.45, 2.75) is 26.2 Å². The molecule has 0 aliphatic heterocycles. The SMILES string of the molecule is CCN(CC)c1ccc(C2CC2(CN)CO)cc1. The van der Waals surface area contributed by atoms with Crippen LogP contribution >= 0.6 is 0 Å². The van der Waals surface area contributed by atoms with Crippen molar-refractivity contribution in [3.05, 3.63) is 29.8 Å². The van der Waals surface area contributed by atoms with Crippen molar-refractivity contribution in [2.24, 2.45) is 11.1 Å². The summed E-state index contributed by atoms with van der Waals surface area (Å²) in [5.74, 6) is 0.443. The zero-order valence-corrected chi connectivity index (χ0v) is 11.4. The lowest BCUT2D eigenvalue weighted by atomic mass is 10.00. The van der Waals surface area contributed by atoms with E-state index in [4.69, 9.17) is 5.73 Å². The van der Waals surface area contributed by atoms with E-state index in [-0.39, 0.29) is 12.0 Å². The van der Waals surface area contributed by atoms with Crippen LogP contribution in [0.25, 0.3) is 0 Å². The molecule has 3 heteroatoms. The van der Waals surface area contributed by atoms with Gasteiger partial charge in [-0.25, -0.2) is 0 Å². The van der Waals surface area contributed by atoms with Gasteiger partial charge in [0, 0.05) is 30.7 Å². The standard InChI is InChI=1S/C15H24N2O/c1-3-17(4-2)13-7-5-12(6-8-13)14-9-15(14,10-16)11-18/h5-8,14,18H,3-4,9-11,16H2,1-2H3. The van der Waals surface area contributed by atoms with E-state index >= 15 is 0 Å². The van der Waals surface area contributed by atoms with E-state index in [1.807, 2.05) is 0 Å². The van der Waals surface area contributed by atoms with Gasteiger partial charge < -0.3 is 15.7 Å². The van der Waals surface area contributed by atoms with Crippen LogP contribution in [-0.2, 0) is 0 Å². The van der Waals surface area contributed by atoms with E-state index < -0.39 is 0 Å². The zero-order chi connectivity index (χ0) is 13.2. The molecule has 2 rings (SSSR count). The summed E-state index contributed by atoms with van der Waals surface area (Å²) in [5.41, 5.74) is 8.30. The molecule has 0 amide bonds. The molecule has 1 saturated carbocycles. The molecule has 0 radical (unpaired) electrons. The molecule has 3 nitrogen and oxygen atoms in total. The van der Waals surface area contributed by atoms with Gasteiger partial charge in [-0.1, -0.05) is 12.1 Å². The predicted molar refractivity (Wildman–Crippen MR) is 75.9 cm³/mol. The van der Waals surface area contributed by atoms with Crippen LogP contribution in [0.3, 0.4) is 0 Å². The first kappa shape index (κ1) is 13.4. The maximum absolute atomic E-state index is 9.42. The highest BCUT2D eigenvalue weighted by Crippen LogP contribution is 2.58. The van der Waals surface area contributed by atoms with Crippen LogP contribution < -0.4 is 10.6 Å². The summed E-state index contributed by atoms with van der Waals surface area (Å²) >= 11 is 0. The summed E-state index contributed by atoms with van der Waals surface area (Å²) in [7, 11) is 0. The predicted octanol–water partition coefficient (Wildman–Crippen LogP) is 1.96. The van der Waals surface area contributed by atoms with E-state index in [9.17, 15) is 5.11 Å². The molecule has 1 aromatic carbocycles. The molecule has 0 saturated heterocycles. The maximum Gasteiger partial charge on any atom is 0.0505 e. The molecule has 3 N–H and O–H groups in total. The Morgan fingerprint density at radius 2 is 1.89 bits per heavy atom. The molecule has 18 heavy (non-hydrogen) atoms. The third-order valence-electron chi connectivity index (χ3n) is 4.34. The molecule has 2 unspecified atom stereocenters. The number of aliphatic hydroxyl groups excluding tert-OH is 1. The minimum absolute atomic E-state index is 0.0449. The van der Waals surface area contributed by atoms with Crippen LogP contribution in [0.15, 0.2) is 24.3 Å². The number of benzene rings is 1. The van der Waals surface area contributed by atoms with Crippen LogP contribution in [0, 0.1) is 5.41 Å². The third-order valence-corrected chi connectivity index (χ3v) is 4.34. The Bertz CT molecular complexity index is 380. The largest absolute Gasteiger partial charge is 0.396 e. The van der Waals surface area contributed by atoms with Gasteiger partial charge in [0.2, 0.25) is 0 Å². The molecule has 0 heterocycles. The van der Waals surface area contributed by atoms with Gasteiger partial charge >= 0.3 is 0 Å². The number of hydrogen-bond acceptors (Lipinski definition) is 3. The van der Waals surface area contributed by atoms with Gasteiger partial charge in [-0.3, -0.25) is 0 Å². The van der Waals surface area contributed by atoms with E-state index in [1.165, 1.54) is 11.3 Å². The molecule has 1 aliphatic carbocycles. The maximum atomic E-state index is 9.42. The lowest BCUT2D eigenvalue weighted by Crippen LogP contribution is -2.22. The molecule has 0 aromatic heterocycles. The Labute approximate surface area is 110 Å². The first-order valence-corrected chi connectivity index (χ1v) is 6.86. The highest BCUT2D eigenvalue weighted by molar-refractivity contribution is 5.49. The number of rotatable bonds is 6. The van der Waals surface area contributed by atoms with Crippen LogP contribution in [0.1, 0.15) is 31.7 Å². The Morgan fingerprint density at radius 1 is 1.28 bits per heavy atom. The van der Waals surface area contributed by atoms with Crippen molar-refractivity contribution in [1.82, 2.24) is 0 Å². The smallest absolute Gasteiger partial charge is 0.0505 e. The Morgan fingerprint density at radius 3 is 2.28 bits per heavy atom. The van der Waals surface area contributed by atoms with Crippen molar-refractivity contribution in [3.8, 4) is 0 Å². The highest BCUT2D eigenvalue weighted by Gasteiger charge is 2.53. The van der Waals surface area contributed by atoms with Gasteiger partial charge in [0.15, 0.2) is 0 Å². The first-order valence-electron chi connectivity index (χ1n) is 6.86. The van der Waals surface area contributed by atoms with Crippen molar-refractivity contribution in [2.75, 3.05) is 31.1 Å². The molecule has 0 spiro atoms. The van der Waals surface area contributed by atoms with E-state index in [1.54, 1.807) is 0 Å². The van der Waals surface area contributed by atoms with E-state index in [0.29, 0.717) is 12.5 Å². The summed E-state index contributed by atoms with van der Waals surface area (Å²) in [6.45, 7) is 7.18. The first-order chi connectivity index (χ1) is 8.70. The second-order valence-corrected chi connectivity index (χ2v) is 5.25. The second-order valence-electron chi connectivity index (χ2n) is 5.25. The Balaban J connectivity index is 2.10. The molecule has 1 fully saturated rings. The summed E-state index contributed by atoms with van der Waals surface area (Å²) in [5, 5.41) is 9.42. The van der Waals surface area contributed by atoms with Crippen LogP contribution in [0.4, 0.5) is 5.69 Å². The number of nitrogens with two attached hydrogens (primary N) is 1. The lowest BCUT2D eigenvalue weighted by Gasteiger charge is -2.21. The third kappa shape index (κ3) is 2.25. The van der Waals surface area contributed by atoms with Gasteiger partial charge in [0.1, 0.15) is 0 Å². The van der Waals surface area contributed by atoms with E-state index in [0.717, 1.165) is 19.5 Å². The fourth-order valence-corrected chi connectivity index (χ4v) is 2.79. The Kier molecular flexibility index (Phi) is 3.93. The van der Waals surface area contributed by atoms with Gasteiger partial charge in [0.05, 0.1) is 6.61 Å². The summed E-state index contributed by atoms with van der Waals surface area (Å²) < 4.78 is 0. The average Bonchev–Trinajstić information content (AvgIpc) is 3.16. The number of hydrogen-bond donors (Lipinski definition) is 2. The van der Waals surface area contributed by atoms with Crippen molar-refractivity contribution in [1.29, 1.82) is 0 Å². The number of aliphatic hydroxyl groups is 1. The molecular weight excluding hydrogens is 224 g/mol. The van der Waals surface area contributed by atoms with Crippen molar-refractivity contribution < 1.29 is 5.11 Å². The van der Waals surface area contributed by atoms with Crippen LogP contribution in [0.5, 0.6) is 0 Å². The molecule has 2 atom stereocenters. The van der Waals surface area contributed by atoms with Crippen LogP contribution in [-0.4, -0.2) is 31.3 Å². The zero-order valence-electron chi connectivity index (χ0n) is 11.4. The highest BCUT2D eigenvalue weighted by atomic mass is 16.3. The topological polar surface area (TPSA) is 49.5 Å². The van der Waals surface area contributed by atoms with Gasteiger partial charge in [0.25, 0.3) is 0 Å². The summed E-state index contributed by atoms with van der Waals surface area (Å²) in [6, 6.07) is 8.73. The molecule has 100 valence electrons.